The number of nitrogens with one attached hydrogen (secondary N) is 1. The highest BCUT2D eigenvalue weighted by Gasteiger charge is 2.31. The molecule has 0 unspecified atom stereocenters. The molecule has 1 aliphatic rings. The van der Waals surface area contributed by atoms with Gasteiger partial charge in [-0.25, -0.2) is 21.5 Å². The van der Waals surface area contributed by atoms with Crippen molar-refractivity contribution in [3.05, 3.63) is 42.5 Å². The predicted octanol–water partition coefficient (Wildman–Crippen LogP) is 2.59. The van der Waals surface area contributed by atoms with E-state index in [2.05, 4.69) is 19.7 Å². The molecule has 3 aromatic rings. The maximum atomic E-state index is 12.9. The summed E-state index contributed by atoms with van der Waals surface area (Å²) in [6.45, 7) is 2.40. The van der Waals surface area contributed by atoms with E-state index in [0.29, 0.717) is 12.1 Å². The standard InChI is InChI=1S/C18H20N4O5S2/c1-13-5-2-3-12-22(13)29(25,26)15-10-8-14(9-11-15)21-28(23,24)17-7-4-6-16-18(17)20-27-19-16/h4,6-11,13,21H,2-3,5,12H2,1H3/t13-/m1/s1. The van der Waals surface area contributed by atoms with Gasteiger partial charge in [0.25, 0.3) is 10.0 Å². The normalized spacial score (nSPS) is 18.7. The van der Waals surface area contributed by atoms with Crippen molar-refractivity contribution < 1.29 is 21.5 Å². The second kappa shape index (κ2) is 7.39. The number of sulfonamides is 2. The van der Waals surface area contributed by atoms with Gasteiger partial charge in [-0.2, -0.15) is 4.31 Å². The minimum atomic E-state index is -3.96. The van der Waals surface area contributed by atoms with Crippen LogP contribution in [0.1, 0.15) is 26.2 Å². The number of anilines is 1. The minimum absolute atomic E-state index is 0.0523. The van der Waals surface area contributed by atoms with Crippen molar-refractivity contribution in [1.82, 2.24) is 14.6 Å². The average Bonchev–Trinajstić information content (AvgIpc) is 3.17. The van der Waals surface area contributed by atoms with Gasteiger partial charge >= 0.3 is 0 Å². The first-order valence-corrected chi connectivity index (χ1v) is 12.1. The summed E-state index contributed by atoms with van der Waals surface area (Å²) in [6, 6.07) is 10.2. The SMILES string of the molecule is C[C@@H]1CCCCN1S(=O)(=O)c1ccc(NS(=O)(=O)c2cccc3nonc23)cc1. The van der Waals surface area contributed by atoms with Crippen molar-refractivity contribution in [3.63, 3.8) is 0 Å². The number of benzene rings is 2. The van der Waals surface area contributed by atoms with E-state index >= 15 is 0 Å². The Morgan fingerprint density at radius 2 is 1.79 bits per heavy atom. The summed E-state index contributed by atoms with van der Waals surface area (Å²) in [5.41, 5.74) is 0.687. The van der Waals surface area contributed by atoms with Crippen LogP contribution in [0.5, 0.6) is 0 Å². The van der Waals surface area contributed by atoms with E-state index in [9.17, 15) is 16.8 Å². The van der Waals surface area contributed by atoms with Crippen molar-refractivity contribution in [2.45, 2.75) is 42.0 Å². The average molecular weight is 437 g/mol. The number of aromatic nitrogens is 2. The summed E-state index contributed by atoms with van der Waals surface area (Å²) in [7, 11) is -7.58. The maximum absolute atomic E-state index is 12.9. The van der Waals surface area contributed by atoms with Crippen LogP contribution in [-0.2, 0) is 20.0 Å². The first-order chi connectivity index (χ1) is 13.8. The van der Waals surface area contributed by atoms with Gasteiger partial charge in [-0.1, -0.05) is 12.5 Å². The van der Waals surface area contributed by atoms with E-state index in [4.69, 9.17) is 0 Å². The Morgan fingerprint density at radius 3 is 2.52 bits per heavy atom. The van der Waals surface area contributed by atoms with E-state index in [1.54, 1.807) is 6.07 Å². The third kappa shape index (κ3) is 3.72. The third-order valence-corrected chi connectivity index (χ3v) is 8.43. The van der Waals surface area contributed by atoms with Crippen molar-refractivity contribution in [2.75, 3.05) is 11.3 Å². The fraction of sp³-hybridized carbons (Fsp3) is 0.333. The van der Waals surface area contributed by atoms with Crippen molar-refractivity contribution in [3.8, 4) is 0 Å². The lowest BCUT2D eigenvalue weighted by Gasteiger charge is -2.32. The van der Waals surface area contributed by atoms with Gasteiger partial charge in [0.15, 0.2) is 5.52 Å². The van der Waals surface area contributed by atoms with Crippen LogP contribution >= 0.6 is 0 Å². The van der Waals surface area contributed by atoms with Crippen LogP contribution in [0.4, 0.5) is 5.69 Å². The largest absolute Gasteiger partial charge is 0.280 e. The van der Waals surface area contributed by atoms with E-state index in [0.717, 1.165) is 19.3 Å². The molecule has 154 valence electrons. The van der Waals surface area contributed by atoms with Crippen molar-refractivity contribution in [1.29, 1.82) is 0 Å². The number of hydrogen-bond donors (Lipinski definition) is 1. The van der Waals surface area contributed by atoms with Crippen molar-refractivity contribution >= 4 is 36.8 Å². The van der Waals surface area contributed by atoms with Crippen LogP contribution in [0.15, 0.2) is 56.9 Å². The van der Waals surface area contributed by atoms with E-state index in [1.807, 2.05) is 6.92 Å². The van der Waals surface area contributed by atoms with Crippen molar-refractivity contribution in [2.24, 2.45) is 0 Å². The fourth-order valence-electron chi connectivity index (χ4n) is 3.47. The lowest BCUT2D eigenvalue weighted by atomic mass is 10.1. The molecule has 2 heterocycles. The summed E-state index contributed by atoms with van der Waals surface area (Å²) < 4.78 is 59.8. The molecule has 0 saturated carbocycles. The zero-order valence-corrected chi connectivity index (χ0v) is 17.3. The Hall–Kier alpha value is -2.50. The highest BCUT2D eigenvalue weighted by molar-refractivity contribution is 7.93. The van der Waals surface area contributed by atoms with Gasteiger partial charge in [0.1, 0.15) is 10.4 Å². The molecule has 4 rings (SSSR count). The Morgan fingerprint density at radius 1 is 1.03 bits per heavy atom. The molecule has 1 saturated heterocycles. The number of piperidine rings is 1. The predicted molar refractivity (Wildman–Crippen MR) is 106 cm³/mol. The molecule has 1 atom stereocenters. The van der Waals surface area contributed by atoms with Gasteiger partial charge in [-0.05, 0) is 66.5 Å². The number of nitrogens with zero attached hydrogens (tertiary/aromatic N) is 3. The van der Waals surface area contributed by atoms with E-state index in [-0.39, 0.29) is 27.0 Å². The van der Waals surface area contributed by atoms with Crippen LogP contribution in [-0.4, -0.2) is 44.0 Å². The molecule has 0 amide bonds. The highest BCUT2D eigenvalue weighted by atomic mass is 32.2. The van der Waals surface area contributed by atoms with Gasteiger partial charge in [0.2, 0.25) is 10.0 Å². The van der Waals surface area contributed by atoms with Crippen LogP contribution < -0.4 is 4.72 Å². The summed E-state index contributed by atoms with van der Waals surface area (Å²) in [6.07, 6.45) is 2.69. The molecule has 9 nitrogen and oxygen atoms in total. The quantitative estimate of drug-likeness (QED) is 0.652. The Labute approximate surface area is 168 Å². The molecule has 29 heavy (non-hydrogen) atoms. The molecule has 0 bridgehead atoms. The molecular formula is C18H20N4O5S2. The molecule has 1 N–H and O–H groups in total. The van der Waals surface area contributed by atoms with Gasteiger partial charge < -0.3 is 0 Å². The second-order valence-electron chi connectivity index (χ2n) is 6.98. The van der Waals surface area contributed by atoms with Crippen LogP contribution in [0.3, 0.4) is 0 Å². The van der Waals surface area contributed by atoms with Gasteiger partial charge in [-0.3, -0.25) is 4.72 Å². The summed E-state index contributed by atoms with van der Waals surface area (Å²) in [4.78, 5) is 0.0621. The van der Waals surface area contributed by atoms with Crippen LogP contribution in [0.25, 0.3) is 11.0 Å². The summed E-state index contributed by atoms with van der Waals surface area (Å²) >= 11 is 0. The van der Waals surface area contributed by atoms with Crippen LogP contribution in [0, 0.1) is 0 Å². The summed E-state index contributed by atoms with van der Waals surface area (Å²) in [5, 5.41) is 7.28. The Bertz CT molecular complexity index is 1240. The molecule has 1 fully saturated rings. The van der Waals surface area contributed by atoms with Gasteiger partial charge in [-0.15, -0.1) is 0 Å². The molecular weight excluding hydrogens is 416 g/mol. The Balaban J connectivity index is 1.59. The smallest absolute Gasteiger partial charge is 0.264 e. The molecule has 0 aliphatic carbocycles. The molecule has 0 radical (unpaired) electrons. The second-order valence-corrected chi connectivity index (χ2v) is 10.5. The lowest BCUT2D eigenvalue weighted by molar-refractivity contribution is 0.268. The fourth-order valence-corrected chi connectivity index (χ4v) is 6.38. The molecule has 11 heteroatoms. The first-order valence-electron chi connectivity index (χ1n) is 9.15. The molecule has 1 aromatic heterocycles. The minimum Gasteiger partial charge on any atom is -0.280 e. The van der Waals surface area contributed by atoms with Crippen LogP contribution in [0.2, 0.25) is 0 Å². The topological polar surface area (TPSA) is 122 Å². The lowest BCUT2D eigenvalue weighted by Crippen LogP contribution is -2.41. The number of hydrogen-bond acceptors (Lipinski definition) is 7. The zero-order chi connectivity index (χ0) is 20.6. The maximum Gasteiger partial charge on any atom is 0.264 e. The monoisotopic (exact) mass is 436 g/mol. The molecule has 1 aliphatic heterocycles. The summed E-state index contributed by atoms with van der Waals surface area (Å²) in [5.74, 6) is 0. The van der Waals surface area contributed by atoms with Gasteiger partial charge in [0, 0.05) is 18.3 Å². The highest BCUT2D eigenvalue weighted by Crippen LogP contribution is 2.27. The third-order valence-electron chi connectivity index (χ3n) is 4.99. The molecule has 0 spiro atoms. The first kappa shape index (κ1) is 19.8. The van der Waals surface area contributed by atoms with E-state index < -0.39 is 20.0 Å². The zero-order valence-electron chi connectivity index (χ0n) is 15.6. The molecule has 2 aromatic carbocycles. The number of rotatable bonds is 5. The number of fused-ring (bicyclic) bond motifs is 1. The Kier molecular flexibility index (Phi) is 5.05. The van der Waals surface area contributed by atoms with Gasteiger partial charge in [0.05, 0.1) is 4.90 Å². The van der Waals surface area contributed by atoms with E-state index in [1.165, 1.54) is 40.7 Å².